The molecule has 2 rings (SSSR count). The maximum Gasteiger partial charge on any atom is 0.127 e. The summed E-state index contributed by atoms with van der Waals surface area (Å²) < 4.78 is 13.9. The fourth-order valence-corrected chi connectivity index (χ4v) is 3.05. The van der Waals surface area contributed by atoms with Crippen LogP contribution >= 0.6 is 0 Å². The molecule has 0 unspecified atom stereocenters. The van der Waals surface area contributed by atoms with Crippen molar-refractivity contribution < 1.29 is 4.39 Å². The lowest BCUT2D eigenvalue weighted by atomic mass is 9.97. The molecule has 2 nitrogen and oxygen atoms in total. The molecule has 0 aromatic heterocycles. The van der Waals surface area contributed by atoms with Gasteiger partial charge in [0.05, 0.1) is 0 Å². The van der Waals surface area contributed by atoms with Crippen LogP contribution in [0.15, 0.2) is 18.2 Å². The summed E-state index contributed by atoms with van der Waals surface area (Å²) in [7, 11) is 0. The van der Waals surface area contributed by atoms with E-state index in [1.165, 1.54) is 12.8 Å². The van der Waals surface area contributed by atoms with Gasteiger partial charge in [-0.15, -0.1) is 0 Å². The molecule has 0 amide bonds. The molecular formula is C17H27FN2. The largest absolute Gasteiger partial charge is 0.317 e. The van der Waals surface area contributed by atoms with Gasteiger partial charge in [-0.2, -0.15) is 0 Å². The molecular weight excluding hydrogens is 251 g/mol. The first kappa shape index (κ1) is 15.5. The number of hydrogen-bond acceptors (Lipinski definition) is 2. The highest BCUT2D eigenvalue weighted by Gasteiger charge is 2.17. The number of nitrogens with one attached hydrogen (secondary N) is 1. The molecule has 3 heteroatoms. The van der Waals surface area contributed by atoms with Crippen LogP contribution in [0, 0.1) is 18.7 Å². The van der Waals surface area contributed by atoms with Crippen molar-refractivity contribution in [3.8, 4) is 0 Å². The molecule has 1 fully saturated rings. The van der Waals surface area contributed by atoms with Gasteiger partial charge in [-0.3, -0.25) is 4.90 Å². The van der Waals surface area contributed by atoms with Crippen molar-refractivity contribution in [3.05, 3.63) is 35.1 Å². The van der Waals surface area contributed by atoms with Crippen LogP contribution in [0.4, 0.5) is 4.39 Å². The molecule has 1 aromatic carbocycles. The Bertz CT molecular complexity index is 413. The zero-order chi connectivity index (χ0) is 14.4. The van der Waals surface area contributed by atoms with Crippen molar-refractivity contribution in [1.29, 1.82) is 0 Å². The Morgan fingerprint density at radius 1 is 1.30 bits per heavy atom. The fraction of sp³-hybridized carbons (Fsp3) is 0.647. The second-order valence-corrected chi connectivity index (χ2v) is 6.02. The van der Waals surface area contributed by atoms with Crippen LogP contribution < -0.4 is 5.32 Å². The minimum atomic E-state index is -0.0676. The molecule has 1 aromatic rings. The number of hydrogen-bond donors (Lipinski definition) is 1. The van der Waals surface area contributed by atoms with Crippen molar-refractivity contribution in [2.24, 2.45) is 5.92 Å². The van der Waals surface area contributed by atoms with Gasteiger partial charge in [-0.25, -0.2) is 4.39 Å². The van der Waals surface area contributed by atoms with Crippen molar-refractivity contribution >= 4 is 0 Å². The number of aryl methyl sites for hydroxylation is 1. The van der Waals surface area contributed by atoms with Gasteiger partial charge in [0.1, 0.15) is 5.82 Å². The first-order valence-corrected chi connectivity index (χ1v) is 7.87. The first-order chi connectivity index (χ1) is 9.69. The number of halogens is 1. The number of benzene rings is 1. The van der Waals surface area contributed by atoms with Gasteiger partial charge >= 0.3 is 0 Å². The normalized spacial score (nSPS) is 16.8. The summed E-state index contributed by atoms with van der Waals surface area (Å²) in [6.07, 6.45) is 3.62. The summed E-state index contributed by atoms with van der Waals surface area (Å²) >= 11 is 0. The zero-order valence-electron chi connectivity index (χ0n) is 12.8. The van der Waals surface area contributed by atoms with Crippen molar-refractivity contribution in [3.63, 3.8) is 0 Å². The molecule has 112 valence electrons. The van der Waals surface area contributed by atoms with Crippen LogP contribution in [-0.4, -0.2) is 31.1 Å². The minimum Gasteiger partial charge on any atom is -0.317 e. The van der Waals surface area contributed by atoms with E-state index in [1.807, 2.05) is 19.1 Å². The number of rotatable bonds is 6. The lowest BCUT2D eigenvalue weighted by Crippen LogP contribution is -2.36. The summed E-state index contributed by atoms with van der Waals surface area (Å²) in [6, 6.07) is 5.43. The van der Waals surface area contributed by atoms with Gasteiger partial charge < -0.3 is 5.32 Å². The lowest BCUT2D eigenvalue weighted by Gasteiger charge is -2.30. The fourth-order valence-electron chi connectivity index (χ4n) is 3.05. The number of nitrogens with zero attached hydrogens (tertiary/aromatic N) is 1. The van der Waals surface area contributed by atoms with Crippen molar-refractivity contribution in [2.75, 3.05) is 26.2 Å². The standard InChI is InChI=1S/C17H27FN2/c1-3-10-20(12-15-6-8-19-9-7-15)13-16-11-14(2)4-5-17(16)18/h4-5,11,15,19H,3,6-10,12-13H2,1-2H3. The van der Waals surface area contributed by atoms with E-state index in [9.17, 15) is 4.39 Å². The average molecular weight is 278 g/mol. The lowest BCUT2D eigenvalue weighted by molar-refractivity contribution is 0.197. The molecule has 0 spiro atoms. The third-order valence-electron chi connectivity index (χ3n) is 4.11. The smallest absolute Gasteiger partial charge is 0.127 e. The van der Waals surface area contributed by atoms with Gasteiger partial charge in [0.2, 0.25) is 0 Å². The Morgan fingerprint density at radius 2 is 2.05 bits per heavy atom. The molecule has 0 atom stereocenters. The summed E-state index contributed by atoms with van der Waals surface area (Å²) in [5.74, 6) is 0.692. The van der Waals surface area contributed by atoms with Crippen LogP contribution in [-0.2, 0) is 6.54 Å². The summed E-state index contributed by atoms with van der Waals surface area (Å²) in [5, 5.41) is 3.41. The minimum absolute atomic E-state index is 0.0676. The summed E-state index contributed by atoms with van der Waals surface area (Å²) in [6.45, 7) is 9.38. The molecule has 20 heavy (non-hydrogen) atoms. The van der Waals surface area contributed by atoms with Crippen LogP contribution in [0.25, 0.3) is 0 Å². The van der Waals surface area contributed by atoms with Crippen LogP contribution in [0.2, 0.25) is 0 Å². The topological polar surface area (TPSA) is 15.3 Å². The SMILES string of the molecule is CCCN(Cc1cc(C)ccc1F)CC1CCNCC1. The van der Waals surface area contributed by atoms with Crippen LogP contribution in [0.5, 0.6) is 0 Å². The third-order valence-corrected chi connectivity index (χ3v) is 4.11. The maximum atomic E-state index is 13.9. The quantitative estimate of drug-likeness (QED) is 0.858. The highest BCUT2D eigenvalue weighted by molar-refractivity contribution is 5.24. The molecule has 0 saturated carbocycles. The Balaban J connectivity index is 1.98. The highest BCUT2D eigenvalue weighted by atomic mass is 19.1. The van der Waals surface area contributed by atoms with Gasteiger partial charge in [-0.1, -0.05) is 24.6 Å². The van der Waals surface area contributed by atoms with E-state index >= 15 is 0 Å². The Hall–Kier alpha value is -0.930. The zero-order valence-corrected chi connectivity index (χ0v) is 12.8. The monoisotopic (exact) mass is 278 g/mol. The molecule has 1 aliphatic heterocycles. The van der Waals surface area contributed by atoms with Crippen LogP contribution in [0.3, 0.4) is 0 Å². The van der Waals surface area contributed by atoms with E-state index in [-0.39, 0.29) is 5.82 Å². The Labute approximate surface area is 122 Å². The predicted octanol–water partition coefficient (Wildman–Crippen LogP) is 3.35. The van der Waals surface area contributed by atoms with Gasteiger partial charge in [0.25, 0.3) is 0 Å². The molecule has 0 bridgehead atoms. The highest BCUT2D eigenvalue weighted by Crippen LogP contribution is 2.18. The predicted molar refractivity (Wildman–Crippen MR) is 82.3 cm³/mol. The molecule has 0 aliphatic carbocycles. The summed E-state index contributed by atoms with van der Waals surface area (Å²) in [5.41, 5.74) is 1.98. The number of piperidine rings is 1. The van der Waals surface area contributed by atoms with Crippen molar-refractivity contribution in [2.45, 2.75) is 39.7 Å². The molecule has 1 heterocycles. The second kappa shape index (κ2) is 7.75. The van der Waals surface area contributed by atoms with Gasteiger partial charge in [0, 0.05) is 18.7 Å². The maximum absolute atomic E-state index is 13.9. The molecule has 1 aliphatic rings. The third kappa shape index (κ3) is 4.57. The Kier molecular flexibility index (Phi) is 5.99. The van der Waals surface area contributed by atoms with Gasteiger partial charge in [0.15, 0.2) is 0 Å². The van der Waals surface area contributed by atoms with E-state index < -0.39 is 0 Å². The molecule has 1 N–H and O–H groups in total. The van der Waals surface area contributed by atoms with Crippen molar-refractivity contribution in [1.82, 2.24) is 10.2 Å². The van der Waals surface area contributed by atoms with E-state index in [0.29, 0.717) is 0 Å². The summed E-state index contributed by atoms with van der Waals surface area (Å²) in [4.78, 5) is 2.42. The second-order valence-electron chi connectivity index (χ2n) is 6.02. The first-order valence-electron chi connectivity index (χ1n) is 7.87. The van der Waals surface area contributed by atoms with Gasteiger partial charge in [-0.05, 0) is 57.8 Å². The Morgan fingerprint density at radius 3 is 2.75 bits per heavy atom. The van der Waals surface area contributed by atoms with E-state index in [2.05, 4.69) is 17.1 Å². The van der Waals surface area contributed by atoms with E-state index in [1.54, 1.807) is 6.07 Å². The van der Waals surface area contributed by atoms with E-state index in [4.69, 9.17) is 0 Å². The van der Waals surface area contributed by atoms with E-state index in [0.717, 1.165) is 56.2 Å². The molecule has 0 radical (unpaired) electrons. The van der Waals surface area contributed by atoms with Crippen LogP contribution in [0.1, 0.15) is 37.3 Å². The average Bonchev–Trinajstić information content (AvgIpc) is 2.44. The molecule has 1 saturated heterocycles.